The summed E-state index contributed by atoms with van der Waals surface area (Å²) in [4.78, 5) is 44.4. The van der Waals surface area contributed by atoms with E-state index in [1.807, 2.05) is 59.7 Å². The lowest BCUT2D eigenvalue weighted by Gasteiger charge is -2.21. The topological polar surface area (TPSA) is 107 Å². The Kier molecular flexibility index (Phi) is 7.09. The Labute approximate surface area is 195 Å². The maximum atomic E-state index is 13.8. The predicted molar refractivity (Wildman–Crippen MR) is 131 cm³/mol. The second kappa shape index (κ2) is 9.46. The zero-order chi connectivity index (χ0) is 23.7. The third kappa shape index (κ3) is 4.59. The number of rotatable bonds is 6. The summed E-state index contributed by atoms with van der Waals surface area (Å²) in [6, 6.07) is 5.01. The first kappa shape index (κ1) is 24.0. The number of carbonyl (C=O) groups excluding carboxylic acids is 2. The molecule has 0 aliphatic heterocycles. The van der Waals surface area contributed by atoms with Crippen molar-refractivity contribution in [2.75, 3.05) is 0 Å². The van der Waals surface area contributed by atoms with E-state index in [-0.39, 0.29) is 11.5 Å². The number of nitrogens with one attached hydrogen (secondary N) is 1. The number of thioether (sulfide) groups is 1. The first-order valence-electron chi connectivity index (χ1n) is 10.4. The molecule has 3 aromatic rings. The van der Waals surface area contributed by atoms with Gasteiger partial charge in [0.2, 0.25) is 5.91 Å². The molecule has 0 saturated heterocycles. The highest BCUT2D eigenvalue weighted by atomic mass is 32.2. The van der Waals surface area contributed by atoms with Gasteiger partial charge in [0.25, 0.3) is 5.56 Å². The molecule has 0 aliphatic rings. The van der Waals surface area contributed by atoms with Gasteiger partial charge < -0.3 is 5.73 Å². The van der Waals surface area contributed by atoms with Gasteiger partial charge in [-0.1, -0.05) is 44.7 Å². The van der Waals surface area contributed by atoms with Gasteiger partial charge in [-0.05, 0) is 55.9 Å². The van der Waals surface area contributed by atoms with Gasteiger partial charge in [-0.3, -0.25) is 19.5 Å². The van der Waals surface area contributed by atoms with E-state index in [1.165, 1.54) is 23.1 Å². The molecule has 3 rings (SSSR count). The third-order valence-electron chi connectivity index (χ3n) is 5.30. The van der Waals surface area contributed by atoms with Crippen LogP contribution in [0.1, 0.15) is 42.3 Å². The number of aromatic nitrogens is 2. The predicted octanol–water partition coefficient (Wildman–Crippen LogP) is 4.25. The largest absolute Gasteiger partial charge is 0.351 e. The summed E-state index contributed by atoms with van der Waals surface area (Å²) in [5.74, 6) is -0.633. The molecule has 9 heteroatoms. The highest BCUT2D eigenvalue weighted by molar-refractivity contribution is 8.00. The van der Waals surface area contributed by atoms with Gasteiger partial charge in [-0.15, -0.1) is 11.3 Å². The van der Waals surface area contributed by atoms with Gasteiger partial charge in [0.05, 0.1) is 16.3 Å². The summed E-state index contributed by atoms with van der Waals surface area (Å²) in [7, 11) is 0. The van der Waals surface area contributed by atoms with Crippen molar-refractivity contribution in [3.63, 3.8) is 0 Å². The smallest absolute Gasteiger partial charge is 0.318 e. The van der Waals surface area contributed by atoms with Crippen molar-refractivity contribution in [2.24, 2.45) is 11.7 Å². The number of aryl methyl sites for hydroxylation is 4. The van der Waals surface area contributed by atoms with Crippen LogP contribution in [0, 0.1) is 26.7 Å². The molecule has 3 N–H and O–H groups in total. The van der Waals surface area contributed by atoms with Crippen LogP contribution in [0.5, 0.6) is 0 Å². The van der Waals surface area contributed by atoms with Crippen molar-refractivity contribution in [1.82, 2.24) is 14.9 Å². The van der Waals surface area contributed by atoms with Crippen LogP contribution >= 0.6 is 23.1 Å². The van der Waals surface area contributed by atoms with Crippen molar-refractivity contribution >= 4 is 45.3 Å². The monoisotopic (exact) mass is 472 g/mol. The van der Waals surface area contributed by atoms with Gasteiger partial charge in [-0.25, -0.2) is 9.78 Å². The number of hydrogen-bond donors (Lipinski definition) is 2. The van der Waals surface area contributed by atoms with Crippen LogP contribution in [0.25, 0.3) is 15.9 Å². The number of benzene rings is 1. The van der Waals surface area contributed by atoms with E-state index >= 15 is 0 Å². The lowest BCUT2D eigenvalue weighted by Crippen LogP contribution is -2.42. The Morgan fingerprint density at radius 1 is 1.25 bits per heavy atom. The van der Waals surface area contributed by atoms with Crippen molar-refractivity contribution in [3.8, 4) is 5.69 Å². The number of carbonyl (C=O) groups is 2. The molecule has 0 aliphatic carbocycles. The Balaban J connectivity index is 2.31. The summed E-state index contributed by atoms with van der Waals surface area (Å²) in [5, 5.41) is 2.55. The molecular formula is C23H28N4O3S2. The van der Waals surface area contributed by atoms with Crippen LogP contribution in [0.15, 0.2) is 28.2 Å². The molecule has 2 heterocycles. The van der Waals surface area contributed by atoms with Crippen molar-refractivity contribution < 1.29 is 9.59 Å². The van der Waals surface area contributed by atoms with Crippen LogP contribution in [-0.2, 0) is 11.2 Å². The molecular weight excluding hydrogens is 444 g/mol. The minimum Gasteiger partial charge on any atom is -0.351 e. The summed E-state index contributed by atoms with van der Waals surface area (Å²) in [6.07, 6.45) is 0.734. The second-order valence-corrected chi connectivity index (χ2v) is 10.4. The molecule has 1 aromatic carbocycles. The first-order valence-corrected chi connectivity index (χ1v) is 12.1. The summed E-state index contributed by atoms with van der Waals surface area (Å²) >= 11 is 2.66. The number of fused-ring (bicyclic) bond motifs is 1. The van der Waals surface area contributed by atoms with E-state index < -0.39 is 17.2 Å². The first-order chi connectivity index (χ1) is 15.0. The number of hydrogen-bond acceptors (Lipinski definition) is 6. The van der Waals surface area contributed by atoms with Gasteiger partial charge >= 0.3 is 6.03 Å². The Bertz CT molecular complexity index is 1260. The highest BCUT2D eigenvalue weighted by Crippen LogP contribution is 2.34. The zero-order valence-corrected chi connectivity index (χ0v) is 20.7. The Morgan fingerprint density at radius 2 is 1.94 bits per heavy atom. The van der Waals surface area contributed by atoms with Crippen LogP contribution in [0.4, 0.5) is 4.79 Å². The lowest BCUT2D eigenvalue weighted by molar-refractivity contribution is -0.120. The molecule has 2 aromatic heterocycles. The zero-order valence-electron chi connectivity index (χ0n) is 19.1. The third-order valence-corrected chi connectivity index (χ3v) is 7.84. The van der Waals surface area contributed by atoms with E-state index in [0.29, 0.717) is 15.4 Å². The lowest BCUT2D eigenvalue weighted by atomic mass is 10.1. The SMILES string of the molecule is CCc1c(C)sc2nc(SC(C(=O)NC(N)=O)C(C)C)n(-c3cc(C)ccc3C)c(=O)c12. The van der Waals surface area contributed by atoms with E-state index in [2.05, 4.69) is 5.32 Å². The van der Waals surface area contributed by atoms with E-state index in [9.17, 15) is 14.4 Å². The standard InChI is InChI=1S/C23H28N4O3S2/c1-7-15-14(6)31-20-17(15)21(29)27(16-10-12(4)8-9-13(16)5)23(26-20)32-18(11(2)3)19(28)25-22(24)30/h8-11,18H,7H2,1-6H3,(H3,24,25,28,30). The number of nitrogens with zero attached hydrogens (tertiary/aromatic N) is 2. The maximum absolute atomic E-state index is 13.8. The molecule has 0 saturated carbocycles. The van der Waals surface area contributed by atoms with Crippen LogP contribution in [0.3, 0.4) is 0 Å². The number of urea groups is 1. The molecule has 170 valence electrons. The molecule has 1 unspecified atom stereocenters. The van der Waals surface area contributed by atoms with Crippen molar-refractivity contribution in [3.05, 3.63) is 50.1 Å². The molecule has 0 radical (unpaired) electrons. The molecule has 3 amide bonds. The minimum atomic E-state index is -0.905. The minimum absolute atomic E-state index is 0.129. The normalized spacial score (nSPS) is 12.3. The van der Waals surface area contributed by atoms with Crippen molar-refractivity contribution in [1.29, 1.82) is 0 Å². The summed E-state index contributed by atoms with van der Waals surface area (Å²) < 4.78 is 1.60. The van der Waals surface area contributed by atoms with Gasteiger partial charge in [0, 0.05) is 4.88 Å². The Morgan fingerprint density at radius 3 is 2.53 bits per heavy atom. The van der Waals surface area contributed by atoms with E-state index in [1.54, 1.807) is 4.57 Å². The maximum Gasteiger partial charge on any atom is 0.318 e. The van der Waals surface area contributed by atoms with E-state index in [0.717, 1.165) is 33.7 Å². The van der Waals surface area contributed by atoms with Gasteiger partial charge in [-0.2, -0.15) is 0 Å². The molecule has 7 nitrogen and oxygen atoms in total. The van der Waals surface area contributed by atoms with E-state index in [4.69, 9.17) is 10.7 Å². The number of imide groups is 1. The number of amides is 3. The number of primary amides is 1. The average Bonchev–Trinajstić information content (AvgIpc) is 3.02. The number of nitrogens with two attached hydrogens (primary N) is 1. The van der Waals surface area contributed by atoms with Gasteiger partial charge in [0.15, 0.2) is 5.16 Å². The van der Waals surface area contributed by atoms with Crippen LogP contribution in [-0.4, -0.2) is 26.7 Å². The quantitative estimate of drug-likeness (QED) is 0.412. The fraction of sp³-hybridized carbons (Fsp3) is 0.391. The summed E-state index contributed by atoms with van der Waals surface area (Å²) in [5.41, 5.74) is 8.69. The van der Waals surface area contributed by atoms with Crippen LogP contribution in [0.2, 0.25) is 0 Å². The van der Waals surface area contributed by atoms with Crippen molar-refractivity contribution in [2.45, 2.75) is 58.4 Å². The highest BCUT2D eigenvalue weighted by Gasteiger charge is 2.28. The average molecular weight is 473 g/mol. The molecule has 0 bridgehead atoms. The Hall–Kier alpha value is -2.65. The number of thiophene rings is 1. The molecule has 0 fully saturated rings. The molecule has 1 atom stereocenters. The second-order valence-electron chi connectivity index (χ2n) is 8.13. The van der Waals surface area contributed by atoms with Gasteiger partial charge in [0.1, 0.15) is 4.83 Å². The fourth-order valence-electron chi connectivity index (χ4n) is 3.67. The molecule has 32 heavy (non-hydrogen) atoms. The molecule has 0 spiro atoms. The summed E-state index contributed by atoms with van der Waals surface area (Å²) in [6.45, 7) is 11.7. The fourth-order valence-corrected chi connectivity index (χ4v) is 5.93. The van der Waals surface area contributed by atoms with Crippen LogP contribution < -0.4 is 16.6 Å².